The Balaban J connectivity index is 1.71. The number of aromatic nitrogens is 1. The summed E-state index contributed by atoms with van der Waals surface area (Å²) in [7, 11) is 3.13. The summed E-state index contributed by atoms with van der Waals surface area (Å²) in [5, 5.41) is 8.84. The van der Waals surface area contributed by atoms with Gasteiger partial charge in [0.05, 0.1) is 18.9 Å². The molecule has 0 saturated heterocycles. The van der Waals surface area contributed by atoms with E-state index >= 15 is 0 Å². The van der Waals surface area contributed by atoms with Crippen LogP contribution in [0.3, 0.4) is 0 Å². The highest BCUT2D eigenvalue weighted by atomic mass is 32.1. The molecule has 3 amide bonds. The van der Waals surface area contributed by atoms with Gasteiger partial charge >= 0.3 is 6.03 Å². The van der Waals surface area contributed by atoms with Gasteiger partial charge < -0.3 is 25.4 Å². The Bertz CT molecular complexity index is 1030. The molecule has 3 N–H and O–H groups in total. The number of thiazole rings is 1. The van der Waals surface area contributed by atoms with Gasteiger partial charge in [0, 0.05) is 24.7 Å². The van der Waals surface area contributed by atoms with Gasteiger partial charge in [-0.2, -0.15) is 0 Å². The molecule has 0 aliphatic carbocycles. The fraction of sp³-hybridized carbons (Fsp3) is 0.250. The number of anilines is 2. The van der Waals surface area contributed by atoms with Gasteiger partial charge in [0.2, 0.25) is 5.91 Å². The van der Waals surface area contributed by atoms with Crippen LogP contribution in [0.5, 0.6) is 11.5 Å². The smallest absolute Gasteiger partial charge is 0.319 e. The van der Waals surface area contributed by atoms with Crippen molar-refractivity contribution in [2.75, 3.05) is 24.9 Å². The van der Waals surface area contributed by atoms with Gasteiger partial charge in [0.15, 0.2) is 5.13 Å². The molecule has 152 valence electrons. The molecule has 0 atom stereocenters. The quantitative estimate of drug-likeness (QED) is 0.543. The van der Waals surface area contributed by atoms with Crippen LogP contribution in [-0.2, 0) is 11.3 Å². The third kappa shape index (κ3) is 5.14. The number of ether oxygens (including phenoxy) is 2. The summed E-state index contributed by atoms with van der Waals surface area (Å²) in [6, 6.07) is 10.6. The number of nitrogens with one attached hydrogen (secondary N) is 3. The van der Waals surface area contributed by atoms with Crippen molar-refractivity contribution in [2.24, 2.45) is 0 Å². The number of rotatable bonds is 7. The van der Waals surface area contributed by atoms with Gasteiger partial charge in [0.1, 0.15) is 17.0 Å². The lowest BCUT2D eigenvalue weighted by molar-refractivity contribution is -0.115. The summed E-state index contributed by atoms with van der Waals surface area (Å²) in [6.45, 7) is 2.13. The topological polar surface area (TPSA) is 102 Å². The van der Waals surface area contributed by atoms with Crippen LogP contribution in [0.15, 0.2) is 36.4 Å². The molecular formula is C20H22N4O4S. The fourth-order valence-corrected chi connectivity index (χ4v) is 3.57. The second-order valence-electron chi connectivity index (χ2n) is 6.11. The number of urea groups is 1. The van der Waals surface area contributed by atoms with Crippen LogP contribution < -0.4 is 25.4 Å². The maximum absolute atomic E-state index is 12.3. The molecule has 2 aromatic carbocycles. The summed E-state index contributed by atoms with van der Waals surface area (Å²) in [4.78, 5) is 28.3. The van der Waals surface area contributed by atoms with Crippen molar-refractivity contribution in [1.29, 1.82) is 0 Å². The average molecular weight is 414 g/mol. The second kappa shape index (κ2) is 9.24. The van der Waals surface area contributed by atoms with E-state index in [0.29, 0.717) is 35.1 Å². The van der Waals surface area contributed by atoms with Gasteiger partial charge in [-0.3, -0.25) is 4.79 Å². The summed E-state index contributed by atoms with van der Waals surface area (Å²) in [6.07, 6.45) is 0.368. The van der Waals surface area contributed by atoms with Gasteiger partial charge in [-0.25, -0.2) is 9.78 Å². The second-order valence-corrected chi connectivity index (χ2v) is 7.14. The molecule has 0 bridgehead atoms. The molecule has 1 aromatic heterocycles. The minimum absolute atomic E-state index is 0.113. The molecule has 0 radical (unpaired) electrons. The van der Waals surface area contributed by atoms with Crippen LogP contribution in [-0.4, -0.2) is 31.1 Å². The molecule has 0 saturated carbocycles. The molecule has 0 spiro atoms. The SMILES string of the molecule is CCC(=O)Nc1nc2c(OC)cc(NC(=O)NCc3cccc(OC)c3)cc2s1. The number of methoxy groups -OCH3 is 2. The van der Waals surface area contributed by atoms with E-state index in [1.54, 1.807) is 26.2 Å². The first-order chi connectivity index (χ1) is 14.0. The highest BCUT2D eigenvalue weighted by molar-refractivity contribution is 7.22. The lowest BCUT2D eigenvalue weighted by atomic mass is 10.2. The summed E-state index contributed by atoms with van der Waals surface area (Å²) in [5.74, 6) is 1.13. The Kier molecular flexibility index (Phi) is 6.50. The third-order valence-electron chi connectivity index (χ3n) is 4.09. The summed E-state index contributed by atoms with van der Waals surface area (Å²) >= 11 is 1.32. The normalized spacial score (nSPS) is 10.4. The predicted octanol–water partition coefficient (Wildman–Crippen LogP) is 3.98. The van der Waals surface area contributed by atoms with E-state index < -0.39 is 0 Å². The zero-order valence-electron chi connectivity index (χ0n) is 16.4. The Morgan fingerprint density at radius 2 is 1.93 bits per heavy atom. The fourth-order valence-electron chi connectivity index (χ4n) is 2.63. The van der Waals surface area contributed by atoms with E-state index in [0.717, 1.165) is 16.0 Å². The van der Waals surface area contributed by atoms with Crippen LogP contribution >= 0.6 is 11.3 Å². The molecule has 3 rings (SSSR count). The molecular weight excluding hydrogens is 392 g/mol. The number of benzene rings is 2. The monoisotopic (exact) mass is 414 g/mol. The van der Waals surface area contributed by atoms with Crippen LogP contribution in [0.2, 0.25) is 0 Å². The molecule has 8 nitrogen and oxygen atoms in total. The van der Waals surface area contributed by atoms with Crippen LogP contribution in [0.4, 0.5) is 15.6 Å². The number of fused-ring (bicyclic) bond motifs is 1. The van der Waals surface area contributed by atoms with Gasteiger partial charge in [-0.05, 0) is 23.8 Å². The Morgan fingerprint density at radius 1 is 1.10 bits per heavy atom. The van der Waals surface area contributed by atoms with E-state index in [9.17, 15) is 9.59 Å². The zero-order chi connectivity index (χ0) is 20.8. The molecule has 0 fully saturated rings. The maximum atomic E-state index is 12.3. The van der Waals surface area contributed by atoms with E-state index in [2.05, 4.69) is 20.9 Å². The minimum atomic E-state index is -0.349. The summed E-state index contributed by atoms with van der Waals surface area (Å²) < 4.78 is 11.4. The van der Waals surface area contributed by atoms with E-state index in [1.807, 2.05) is 24.3 Å². The molecule has 0 aliphatic rings. The number of hydrogen-bond donors (Lipinski definition) is 3. The Morgan fingerprint density at radius 3 is 2.66 bits per heavy atom. The predicted molar refractivity (Wildman–Crippen MR) is 114 cm³/mol. The number of nitrogens with zero attached hydrogens (tertiary/aromatic N) is 1. The van der Waals surface area contributed by atoms with Gasteiger partial charge in [-0.15, -0.1) is 0 Å². The minimum Gasteiger partial charge on any atom is -0.497 e. The zero-order valence-corrected chi connectivity index (χ0v) is 17.2. The molecule has 1 heterocycles. The number of carbonyl (C=O) groups excluding carboxylic acids is 2. The van der Waals surface area contributed by atoms with E-state index in [4.69, 9.17) is 9.47 Å². The Labute approximate surface area is 172 Å². The van der Waals surface area contributed by atoms with Gasteiger partial charge in [0.25, 0.3) is 0 Å². The standard InChI is InChI=1S/C20H22N4O4S/c1-4-17(25)23-20-24-18-15(28-3)9-13(10-16(18)29-20)22-19(26)21-11-12-6-5-7-14(8-12)27-2/h5-10H,4,11H2,1-3H3,(H2,21,22,26)(H,23,24,25). The van der Waals surface area contributed by atoms with Crippen LogP contribution in [0, 0.1) is 0 Å². The molecule has 0 unspecified atom stereocenters. The lowest BCUT2D eigenvalue weighted by Gasteiger charge is -2.10. The number of carbonyl (C=O) groups is 2. The molecule has 0 aliphatic heterocycles. The van der Waals surface area contributed by atoms with Crippen molar-refractivity contribution in [1.82, 2.24) is 10.3 Å². The van der Waals surface area contributed by atoms with E-state index in [-0.39, 0.29) is 11.9 Å². The van der Waals surface area contributed by atoms with Crippen molar-refractivity contribution < 1.29 is 19.1 Å². The highest BCUT2D eigenvalue weighted by Gasteiger charge is 2.13. The van der Waals surface area contributed by atoms with Crippen molar-refractivity contribution in [3.8, 4) is 11.5 Å². The van der Waals surface area contributed by atoms with Crippen molar-refractivity contribution >= 4 is 44.3 Å². The Hall–Kier alpha value is -3.33. The van der Waals surface area contributed by atoms with Crippen LogP contribution in [0.25, 0.3) is 10.2 Å². The average Bonchev–Trinajstić information content (AvgIpc) is 3.13. The first kappa shape index (κ1) is 20.4. The third-order valence-corrected chi connectivity index (χ3v) is 5.01. The highest BCUT2D eigenvalue weighted by Crippen LogP contribution is 2.35. The van der Waals surface area contributed by atoms with Crippen molar-refractivity contribution in [3.63, 3.8) is 0 Å². The van der Waals surface area contributed by atoms with Crippen molar-refractivity contribution in [2.45, 2.75) is 19.9 Å². The molecule has 29 heavy (non-hydrogen) atoms. The van der Waals surface area contributed by atoms with Crippen molar-refractivity contribution in [3.05, 3.63) is 42.0 Å². The maximum Gasteiger partial charge on any atom is 0.319 e. The molecule has 3 aromatic rings. The largest absolute Gasteiger partial charge is 0.497 e. The molecule has 9 heteroatoms. The number of amides is 3. The summed E-state index contributed by atoms with van der Waals surface area (Å²) in [5.41, 5.74) is 2.12. The van der Waals surface area contributed by atoms with Crippen LogP contribution in [0.1, 0.15) is 18.9 Å². The van der Waals surface area contributed by atoms with Gasteiger partial charge in [-0.1, -0.05) is 30.4 Å². The van der Waals surface area contributed by atoms with E-state index in [1.165, 1.54) is 18.4 Å². The first-order valence-electron chi connectivity index (χ1n) is 8.98. The first-order valence-corrected chi connectivity index (χ1v) is 9.80. The lowest BCUT2D eigenvalue weighted by Crippen LogP contribution is -2.28. The number of hydrogen-bond acceptors (Lipinski definition) is 6.